The lowest BCUT2D eigenvalue weighted by Crippen LogP contribution is -2.22. The van der Waals surface area contributed by atoms with Gasteiger partial charge in [0.25, 0.3) is 11.8 Å². The zero-order valence-electron chi connectivity index (χ0n) is 29.9. The molecule has 2 aliphatic heterocycles. The zero-order valence-corrected chi connectivity index (χ0v) is 29.9. The minimum atomic E-state index is -4.74. The van der Waals surface area contributed by atoms with Gasteiger partial charge in [-0.1, -0.05) is 34.6 Å². The molecular formula is C36H32F6N6O8. The Morgan fingerprint density at radius 2 is 0.911 bits per heavy atom. The Kier molecular flexibility index (Phi) is 12.5. The van der Waals surface area contributed by atoms with Crippen molar-refractivity contribution in [3.63, 3.8) is 0 Å². The van der Waals surface area contributed by atoms with Gasteiger partial charge in [0.05, 0.1) is 25.2 Å². The molecule has 0 radical (unpaired) electrons. The van der Waals surface area contributed by atoms with Crippen LogP contribution in [0.5, 0.6) is 23.0 Å². The number of alkyl halides is 6. The highest BCUT2D eigenvalue weighted by atomic mass is 19.4. The van der Waals surface area contributed by atoms with Gasteiger partial charge in [0.15, 0.2) is 12.2 Å². The van der Waals surface area contributed by atoms with Crippen molar-refractivity contribution in [2.24, 2.45) is 10.3 Å². The van der Waals surface area contributed by atoms with E-state index >= 15 is 0 Å². The summed E-state index contributed by atoms with van der Waals surface area (Å²) in [6.45, 7) is 0. The van der Waals surface area contributed by atoms with Crippen LogP contribution in [0.15, 0.2) is 95.5 Å². The molecular weight excluding hydrogens is 758 g/mol. The van der Waals surface area contributed by atoms with Crippen molar-refractivity contribution in [2.75, 3.05) is 28.2 Å². The Morgan fingerprint density at radius 1 is 0.571 bits per heavy atom. The SMILES string of the molecule is CN(C)C(=O)c1ccc(OC2=NO[C@@H](c3ccc(OC(F)(F)F)cc3)C2)cn1.CN(C)C(=O)c1ccc(OC2=NO[C@H](c3ccc(OC(F)(F)F)cc3)C2)cn1. The van der Waals surface area contributed by atoms with E-state index in [1.54, 1.807) is 40.3 Å². The fraction of sp³-hybridized carbons (Fsp3) is 0.278. The van der Waals surface area contributed by atoms with Gasteiger partial charge in [-0.05, 0) is 59.7 Å². The lowest BCUT2D eigenvalue weighted by molar-refractivity contribution is -0.275. The molecule has 14 nitrogen and oxygen atoms in total. The van der Waals surface area contributed by atoms with Crippen LogP contribution >= 0.6 is 0 Å². The first-order valence-corrected chi connectivity index (χ1v) is 16.3. The van der Waals surface area contributed by atoms with Gasteiger partial charge in [-0.15, -0.1) is 26.3 Å². The Morgan fingerprint density at radius 3 is 1.20 bits per heavy atom. The lowest BCUT2D eigenvalue weighted by atomic mass is 10.1. The van der Waals surface area contributed by atoms with E-state index < -0.39 is 24.9 Å². The Labute approximate surface area is 314 Å². The van der Waals surface area contributed by atoms with Crippen LogP contribution < -0.4 is 18.9 Å². The van der Waals surface area contributed by atoms with E-state index in [-0.39, 0.29) is 59.3 Å². The Bertz CT molecular complexity index is 1880. The number of pyridine rings is 2. The Balaban J connectivity index is 0.000000214. The standard InChI is InChI=1S/2C18H16F3N3O4/c2*1-24(2)17(25)14-8-7-13(10-22-14)26-16-9-15(28-23-16)11-3-5-12(6-4-11)27-18(19,20)21/h2*3-8,10,15H,9H2,1-2H3/t2*15-/m10/s1. The highest BCUT2D eigenvalue weighted by Crippen LogP contribution is 2.32. The summed E-state index contributed by atoms with van der Waals surface area (Å²) in [5.74, 6) is 0.245. The van der Waals surface area contributed by atoms with E-state index in [1.807, 2.05) is 0 Å². The fourth-order valence-electron chi connectivity index (χ4n) is 4.82. The molecule has 4 aromatic rings. The number of hydrogen-bond acceptors (Lipinski definition) is 12. The molecule has 4 heterocycles. The molecule has 2 amide bonds. The second-order valence-electron chi connectivity index (χ2n) is 12.2. The van der Waals surface area contributed by atoms with Crippen molar-refractivity contribution >= 4 is 23.6 Å². The maximum absolute atomic E-state index is 12.2. The van der Waals surface area contributed by atoms with Crippen LogP contribution in [-0.2, 0) is 9.68 Å². The van der Waals surface area contributed by atoms with Crippen LogP contribution in [0.25, 0.3) is 0 Å². The van der Waals surface area contributed by atoms with E-state index in [9.17, 15) is 35.9 Å². The second kappa shape index (κ2) is 17.2. The number of ether oxygens (including phenoxy) is 4. The summed E-state index contributed by atoms with van der Waals surface area (Å²) < 4.78 is 92.0. The van der Waals surface area contributed by atoms with Crippen LogP contribution in [-0.4, -0.2) is 84.3 Å². The molecule has 0 bridgehead atoms. The van der Waals surface area contributed by atoms with Crippen LogP contribution in [0.1, 0.15) is 57.2 Å². The minimum Gasteiger partial charge on any atom is -0.438 e. The number of aromatic nitrogens is 2. The van der Waals surface area contributed by atoms with Crippen molar-refractivity contribution in [3.05, 3.63) is 108 Å². The molecule has 20 heteroatoms. The van der Waals surface area contributed by atoms with E-state index in [0.29, 0.717) is 22.6 Å². The molecule has 0 fully saturated rings. The molecule has 2 aromatic heterocycles. The van der Waals surface area contributed by atoms with Crippen molar-refractivity contribution < 1.29 is 64.6 Å². The van der Waals surface area contributed by atoms with E-state index in [0.717, 1.165) is 0 Å². The molecule has 2 aromatic carbocycles. The molecule has 2 atom stereocenters. The number of benzene rings is 2. The molecule has 56 heavy (non-hydrogen) atoms. The summed E-state index contributed by atoms with van der Waals surface area (Å²) in [6.07, 6.45) is -7.08. The largest absolute Gasteiger partial charge is 0.573 e. The second-order valence-corrected chi connectivity index (χ2v) is 12.2. The number of nitrogens with zero attached hydrogens (tertiary/aromatic N) is 6. The number of halogens is 6. The van der Waals surface area contributed by atoms with Crippen molar-refractivity contribution in [1.82, 2.24) is 19.8 Å². The Hall–Kier alpha value is -6.60. The first-order valence-electron chi connectivity index (χ1n) is 16.3. The van der Waals surface area contributed by atoms with Gasteiger partial charge in [-0.3, -0.25) is 9.59 Å². The van der Waals surface area contributed by atoms with Crippen LogP contribution in [0.4, 0.5) is 26.3 Å². The summed E-state index contributed by atoms with van der Waals surface area (Å²) >= 11 is 0. The maximum Gasteiger partial charge on any atom is 0.573 e. The summed E-state index contributed by atoms with van der Waals surface area (Å²) in [6, 6.07) is 16.9. The highest BCUT2D eigenvalue weighted by molar-refractivity contribution is 5.92. The number of rotatable bonds is 8. The number of carbonyl (C=O) groups excluding carboxylic acids is 2. The average Bonchev–Trinajstić information content (AvgIpc) is 3.81. The summed E-state index contributed by atoms with van der Waals surface area (Å²) in [5, 5.41) is 7.67. The topological polar surface area (TPSA) is 146 Å². The number of hydrogen-bond donors (Lipinski definition) is 0. The predicted molar refractivity (Wildman–Crippen MR) is 184 cm³/mol. The number of amides is 2. The summed E-state index contributed by atoms with van der Waals surface area (Å²) in [4.78, 5) is 45.1. The average molecular weight is 791 g/mol. The van der Waals surface area contributed by atoms with Gasteiger partial charge in [-0.2, -0.15) is 0 Å². The zero-order chi connectivity index (χ0) is 40.6. The number of oxime groups is 2. The molecule has 0 spiro atoms. The molecule has 0 unspecified atom stereocenters. The molecule has 0 aliphatic carbocycles. The predicted octanol–water partition coefficient (Wildman–Crippen LogP) is 7.07. The molecule has 2 aliphatic rings. The third-order valence-corrected chi connectivity index (χ3v) is 7.45. The first kappa shape index (κ1) is 40.6. The van der Waals surface area contributed by atoms with Gasteiger partial charge in [0.2, 0.25) is 11.8 Å². The summed E-state index contributed by atoms with van der Waals surface area (Å²) in [7, 11) is 6.50. The van der Waals surface area contributed by atoms with Crippen molar-refractivity contribution in [2.45, 2.75) is 37.8 Å². The fourth-order valence-corrected chi connectivity index (χ4v) is 4.82. The van der Waals surface area contributed by atoms with E-state index in [4.69, 9.17) is 19.1 Å². The first-order chi connectivity index (χ1) is 26.4. The van der Waals surface area contributed by atoms with Crippen LogP contribution in [0.2, 0.25) is 0 Å². The van der Waals surface area contributed by atoms with E-state index in [1.165, 1.54) is 82.9 Å². The smallest absolute Gasteiger partial charge is 0.438 e. The molecule has 0 saturated heterocycles. The minimum absolute atomic E-state index is 0.230. The lowest BCUT2D eigenvalue weighted by Gasteiger charge is -2.11. The molecule has 296 valence electrons. The quantitative estimate of drug-likeness (QED) is 0.170. The molecule has 0 saturated carbocycles. The number of carbonyl (C=O) groups is 2. The maximum atomic E-state index is 12.2. The van der Waals surface area contributed by atoms with Gasteiger partial charge >= 0.3 is 12.7 Å². The van der Waals surface area contributed by atoms with Gasteiger partial charge in [-0.25, -0.2) is 9.97 Å². The van der Waals surface area contributed by atoms with Gasteiger partial charge in [0.1, 0.15) is 34.4 Å². The van der Waals surface area contributed by atoms with Crippen LogP contribution in [0.3, 0.4) is 0 Å². The van der Waals surface area contributed by atoms with Gasteiger partial charge in [0, 0.05) is 28.2 Å². The van der Waals surface area contributed by atoms with Crippen molar-refractivity contribution in [1.29, 1.82) is 0 Å². The third kappa shape index (κ3) is 11.7. The monoisotopic (exact) mass is 790 g/mol. The van der Waals surface area contributed by atoms with Crippen molar-refractivity contribution in [3.8, 4) is 23.0 Å². The van der Waals surface area contributed by atoms with E-state index in [2.05, 4.69) is 29.8 Å². The normalized spacial score (nSPS) is 16.2. The van der Waals surface area contributed by atoms with Crippen LogP contribution in [0, 0.1) is 0 Å². The molecule has 6 rings (SSSR count). The van der Waals surface area contributed by atoms with Gasteiger partial charge < -0.3 is 38.4 Å². The molecule has 0 N–H and O–H groups in total. The highest BCUT2D eigenvalue weighted by Gasteiger charge is 2.33. The summed E-state index contributed by atoms with van der Waals surface area (Å²) in [5.41, 5.74) is 1.81. The third-order valence-electron chi connectivity index (χ3n) is 7.45.